The molecule has 0 fully saturated rings. The maximum Gasteiger partial charge on any atom is 0.269 e. The standard InChI is InChI=1S/C19H12Cl2N4OS2/c1-10-16(28-18(23-10)14-4-2-3-7-22-14)17(26)25-19-24-15(9-27-19)12-6-5-11(20)8-13(12)21/h2-9H,1H3,(H,24,25,26). The average Bonchev–Trinajstić information content (AvgIpc) is 3.29. The molecule has 28 heavy (non-hydrogen) atoms. The van der Waals surface area contributed by atoms with Crippen LogP contribution in [0.15, 0.2) is 48.0 Å². The fourth-order valence-corrected chi connectivity index (χ4v) is 4.66. The summed E-state index contributed by atoms with van der Waals surface area (Å²) in [5, 5.41) is 6.93. The monoisotopic (exact) mass is 446 g/mol. The molecule has 5 nitrogen and oxygen atoms in total. The normalized spacial score (nSPS) is 10.8. The minimum atomic E-state index is -0.250. The molecule has 0 unspecified atom stereocenters. The number of benzene rings is 1. The van der Waals surface area contributed by atoms with Gasteiger partial charge in [-0.05, 0) is 37.3 Å². The number of hydrogen-bond donors (Lipinski definition) is 1. The van der Waals surface area contributed by atoms with E-state index in [4.69, 9.17) is 23.2 Å². The first-order chi connectivity index (χ1) is 13.5. The van der Waals surface area contributed by atoms with Crippen molar-refractivity contribution in [3.63, 3.8) is 0 Å². The highest BCUT2D eigenvalue weighted by atomic mass is 35.5. The molecule has 9 heteroatoms. The van der Waals surface area contributed by atoms with Crippen molar-refractivity contribution in [3.05, 3.63) is 68.6 Å². The van der Waals surface area contributed by atoms with Gasteiger partial charge in [0.25, 0.3) is 5.91 Å². The van der Waals surface area contributed by atoms with E-state index in [-0.39, 0.29) is 5.91 Å². The summed E-state index contributed by atoms with van der Waals surface area (Å²) in [5.41, 5.74) is 2.83. The Kier molecular flexibility index (Phi) is 5.41. The van der Waals surface area contributed by atoms with Crippen LogP contribution in [-0.4, -0.2) is 20.9 Å². The number of carbonyl (C=O) groups excluding carboxylic acids is 1. The first-order valence-corrected chi connectivity index (χ1v) is 10.6. The highest BCUT2D eigenvalue weighted by molar-refractivity contribution is 7.17. The smallest absolute Gasteiger partial charge is 0.269 e. The van der Waals surface area contributed by atoms with Crippen molar-refractivity contribution >= 4 is 56.9 Å². The Hall–Kier alpha value is -2.32. The van der Waals surface area contributed by atoms with Gasteiger partial charge in [0.15, 0.2) is 5.13 Å². The summed E-state index contributed by atoms with van der Waals surface area (Å²) in [6, 6.07) is 10.8. The molecule has 0 bridgehead atoms. The summed E-state index contributed by atoms with van der Waals surface area (Å²) in [6.45, 7) is 1.80. The van der Waals surface area contributed by atoms with Crippen molar-refractivity contribution in [3.8, 4) is 22.0 Å². The first-order valence-electron chi connectivity index (χ1n) is 8.12. The third-order valence-corrected chi connectivity index (χ3v) is 6.30. The van der Waals surface area contributed by atoms with E-state index in [2.05, 4.69) is 20.3 Å². The average molecular weight is 447 g/mol. The van der Waals surface area contributed by atoms with Gasteiger partial charge >= 0.3 is 0 Å². The number of aryl methyl sites for hydroxylation is 1. The minimum absolute atomic E-state index is 0.250. The number of carbonyl (C=O) groups is 1. The van der Waals surface area contributed by atoms with Crippen LogP contribution in [0.2, 0.25) is 10.0 Å². The van der Waals surface area contributed by atoms with E-state index < -0.39 is 0 Å². The molecule has 4 rings (SSSR count). The lowest BCUT2D eigenvalue weighted by Crippen LogP contribution is -2.11. The zero-order valence-electron chi connectivity index (χ0n) is 14.4. The Balaban J connectivity index is 1.55. The van der Waals surface area contributed by atoms with Gasteiger partial charge in [-0.15, -0.1) is 22.7 Å². The molecular formula is C19H12Cl2N4OS2. The summed E-state index contributed by atoms with van der Waals surface area (Å²) >= 11 is 14.8. The molecule has 1 aromatic carbocycles. The first kappa shape index (κ1) is 19.0. The molecule has 0 aliphatic rings. The number of nitrogens with zero attached hydrogens (tertiary/aromatic N) is 3. The Morgan fingerprint density at radius 3 is 2.71 bits per heavy atom. The van der Waals surface area contributed by atoms with Crippen molar-refractivity contribution in [2.24, 2.45) is 0 Å². The number of aromatic nitrogens is 3. The van der Waals surface area contributed by atoms with Gasteiger partial charge < -0.3 is 0 Å². The quantitative estimate of drug-likeness (QED) is 0.405. The van der Waals surface area contributed by atoms with Crippen molar-refractivity contribution in [1.29, 1.82) is 0 Å². The van der Waals surface area contributed by atoms with Gasteiger partial charge in [0.1, 0.15) is 9.88 Å². The molecule has 0 atom stereocenters. The van der Waals surface area contributed by atoms with E-state index in [1.165, 1.54) is 22.7 Å². The molecule has 0 radical (unpaired) electrons. The van der Waals surface area contributed by atoms with Crippen LogP contribution in [0.5, 0.6) is 0 Å². The summed E-state index contributed by atoms with van der Waals surface area (Å²) in [7, 11) is 0. The molecule has 0 aliphatic heterocycles. The lowest BCUT2D eigenvalue weighted by Gasteiger charge is -2.01. The summed E-state index contributed by atoms with van der Waals surface area (Å²) in [5.74, 6) is -0.250. The zero-order chi connectivity index (χ0) is 19.7. The molecule has 0 spiro atoms. The number of pyridine rings is 1. The van der Waals surface area contributed by atoms with E-state index in [9.17, 15) is 4.79 Å². The Labute approximate surface area is 179 Å². The van der Waals surface area contributed by atoms with E-state index >= 15 is 0 Å². The predicted octanol–water partition coefficient (Wildman–Crippen LogP) is 6.20. The van der Waals surface area contributed by atoms with Crippen molar-refractivity contribution < 1.29 is 4.79 Å². The van der Waals surface area contributed by atoms with Gasteiger partial charge in [0, 0.05) is 22.2 Å². The molecule has 0 aliphatic carbocycles. The molecule has 0 saturated carbocycles. The van der Waals surface area contributed by atoms with Gasteiger partial charge in [-0.1, -0.05) is 29.3 Å². The Bertz CT molecular complexity index is 1160. The summed E-state index contributed by atoms with van der Waals surface area (Å²) < 4.78 is 0. The van der Waals surface area contributed by atoms with E-state index in [0.717, 1.165) is 11.3 Å². The van der Waals surface area contributed by atoms with Gasteiger partial charge in [-0.25, -0.2) is 9.97 Å². The molecule has 4 aromatic rings. The second-order valence-electron chi connectivity index (χ2n) is 5.76. The number of amides is 1. The SMILES string of the molecule is Cc1nc(-c2ccccn2)sc1C(=O)Nc1nc(-c2ccc(Cl)cc2Cl)cs1. The topological polar surface area (TPSA) is 67.8 Å². The second kappa shape index (κ2) is 7.97. The van der Waals surface area contributed by atoms with E-state index in [1.54, 1.807) is 31.3 Å². The van der Waals surface area contributed by atoms with Crippen molar-refractivity contribution in [1.82, 2.24) is 15.0 Å². The van der Waals surface area contributed by atoms with E-state index in [1.807, 2.05) is 23.6 Å². The molecular weight excluding hydrogens is 435 g/mol. The lowest BCUT2D eigenvalue weighted by atomic mass is 10.2. The maximum atomic E-state index is 12.7. The molecule has 1 N–H and O–H groups in total. The molecule has 0 saturated heterocycles. The van der Waals surface area contributed by atoms with Crippen LogP contribution in [-0.2, 0) is 0 Å². The van der Waals surface area contributed by atoms with Crippen LogP contribution in [0.1, 0.15) is 15.4 Å². The summed E-state index contributed by atoms with van der Waals surface area (Å²) in [4.78, 5) is 26.4. The fourth-order valence-electron chi connectivity index (χ4n) is 2.51. The van der Waals surface area contributed by atoms with Crippen LogP contribution in [0, 0.1) is 6.92 Å². The number of nitrogens with one attached hydrogen (secondary N) is 1. The molecule has 1 amide bonds. The van der Waals surface area contributed by atoms with Crippen LogP contribution in [0.4, 0.5) is 5.13 Å². The highest BCUT2D eigenvalue weighted by Crippen LogP contribution is 2.33. The largest absolute Gasteiger partial charge is 0.297 e. The predicted molar refractivity (Wildman–Crippen MR) is 116 cm³/mol. The number of rotatable bonds is 4. The van der Waals surface area contributed by atoms with Gasteiger partial charge in [-0.3, -0.25) is 15.1 Å². The number of thiazole rings is 2. The fraction of sp³-hybridized carbons (Fsp3) is 0.0526. The van der Waals surface area contributed by atoms with Crippen molar-refractivity contribution in [2.45, 2.75) is 6.92 Å². The van der Waals surface area contributed by atoms with Gasteiger partial charge in [-0.2, -0.15) is 0 Å². The highest BCUT2D eigenvalue weighted by Gasteiger charge is 2.18. The van der Waals surface area contributed by atoms with Crippen LogP contribution < -0.4 is 5.32 Å². The second-order valence-corrected chi connectivity index (χ2v) is 8.47. The third kappa shape index (κ3) is 3.93. The van der Waals surface area contributed by atoms with Crippen LogP contribution in [0.25, 0.3) is 22.0 Å². The summed E-state index contributed by atoms with van der Waals surface area (Å²) in [6.07, 6.45) is 1.70. The number of hydrogen-bond acceptors (Lipinski definition) is 6. The van der Waals surface area contributed by atoms with Crippen LogP contribution in [0.3, 0.4) is 0 Å². The minimum Gasteiger partial charge on any atom is -0.297 e. The van der Waals surface area contributed by atoms with Gasteiger partial charge in [0.2, 0.25) is 0 Å². The van der Waals surface area contributed by atoms with E-state index in [0.29, 0.717) is 36.4 Å². The van der Waals surface area contributed by atoms with Crippen LogP contribution >= 0.6 is 45.9 Å². The van der Waals surface area contributed by atoms with Crippen molar-refractivity contribution in [2.75, 3.05) is 5.32 Å². The molecule has 3 aromatic heterocycles. The number of halogens is 2. The molecule has 140 valence electrons. The maximum absolute atomic E-state index is 12.7. The number of anilines is 1. The Morgan fingerprint density at radius 2 is 1.96 bits per heavy atom. The zero-order valence-corrected chi connectivity index (χ0v) is 17.6. The Morgan fingerprint density at radius 1 is 1.11 bits per heavy atom. The lowest BCUT2D eigenvalue weighted by molar-refractivity contribution is 0.103. The molecule has 3 heterocycles. The third-order valence-electron chi connectivity index (χ3n) is 3.82. The van der Waals surface area contributed by atoms with Gasteiger partial charge in [0.05, 0.1) is 22.1 Å².